The van der Waals surface area contributed by atoms with E-state index in [1.807, 2.05) is 13.8 Å². The van der Waals surface area contributed by atoms with Crippen molar-refractivity contribution in [2.45, 2.75) is 39.2 Å². The topological polar surface area (TPSA) is 46.3 Å². The first-order valence-electron chi connectivity index (χ1n) is 4.40. The molecule has 0 aromatic heterocycles. The van der Waals surface area contributed by atoms with E-state index in [1.165, 1.54) is 5.01 Å². The maximum atomic E-state index is 11.3. The smallest absolute Gasteiger partial charge is 0.260 e. The van der Waals surface area contributed by atoms with Gasteiger partial charge in [0.1, 0.15) is 0 Å². The van der Waals surface area contributed by atoms with Gasteiger partial charge in [-0.2, -0.15) is 0 Å². The SMILES string of the molecule is CC/C(C)=C/C(=O)N(N)C1CC1. The van der Waals surface area contributed by atoms with Crippen LogP contribution in [0.2, 0.25) is 0 Å². The third-order valence-electron chi connectivity index (χ3n) is 2.12. The lowest BCUT2D eigenvalue weighted by Crippen LogP contribution is -2.38. The van der Waals surface area contributed by atoms with E-state index < -0.39 is 0 Å². The second-order valence-corrected chi connectivity index (χ2v) is 3.32. The van der Waals surface area contributed by atoms with Gasteiger partial charge in [0.05, 0.1) is 0 Å². The fourth-order valence-corrected chi connectivity index (χ4v) is 0.920. The number of nitrogens with zero attached hydrogens (tertiary/aromatic N) is 1. The Kier molecular flexibility index (Phi) is 2.87. The molecule has 0 unspecified atom stereocenters. The number of allylic oxidation sites excluding steroid dienone is 1. The van der Waals surface area contributed by atoms with Gasteiger partial charge in [-0.15, -0.1) is 0 Å². The molecule has 0 bridgehead atoms. The maximum absolute atomic E-state index is 11.3. The summed E-state index contributed by atoms with van der Waals surface area (Å²) in [6, 6.07) is 0.304. The fourth-order valence-electron chi connectivity index (χ4n) is 0.920. The third-order valence-corrected chi connectivity index (χ3v) is 2.12. The van der Waals surface area contributed by atoms with Crippen molar-refractivity contribution in [3.63, 3.8) is 0 Å². The number of carbonyl (C=O) groups excluding carboxylic acids is 1. The molecule has 0 radical (unpaired) electrons. The molecule has 12 heavy (non-hydrogen) atoms. The molecule has 0 aromatic carbocycles. The molecule has 0 saturated heterocycles. The van der Waals surface area contributed by atoms with Crippen LogP contribution in [0, 0.1) is 0 Å². The van der Waals surface area contributed by atoms with Gasteiger partial charge in [-0.3, -0.25) is 9.80 Å². The molecule has 1 fully saturated rings. The number of hydrogen-bond acceptors (Lipinski definition) is 2. The van der Waals surface area contributed by atoms with Crippen molar-refractivity contribution in [1.82, 2.24) is 5.01 Å². The Labute approximate surface area is 73.2 Å². The zero-order chi connectivity index (χ0) is 9.14. The van der Waals surface area contributed by atoms with E-state index in [0.717, 1.165) is 24.8 Å². The lowest BCUT2D eigenvalue weighted by atomic mass is 10.2. The van der Waals surface area contributed by atoms with E-state index in [2.05, 4.69) is 0 Å². The number of rotatable bonds is 3. The Bertz CT molecular complexity index is 207. The van der Waals surface area contributed by atoms with Gasteiger partial charge in [0.15, 0.2) is 0 Å². The molecule has 0 aromatic rings. The predicted octanol–water partition coefficient (Wildman–Crippen LogP) is 1.21. The van der Waals surface area contributed by atoms with Crippen LogP contribution in [0.4, 0.5) is 0 Å². The average molecular weight is 168 g/mol. The summed E-state index contributed by atoms with van der Waals surface area (Å²) in [5.74, 6) is 5.51. The highest BCUT2D eigenvalue weighted by Gasteiger charge is 2.29. The summed E-state index contributed by atoms with van der Waals surface area (Å²) in [6.07, 6.45) is 4.64. The highest BCUT2D eigenvalue weighted by atomic mass is 16.2. The molecule has 0 heterocycles. The number of carbonyl (C=O) groups is 1. The van der Waals surface area contributed by atoms with Crippen LogP contribution in [0.5, 0.6) is 0 Å². The quantitative estimate of drug-likeness (QED) is 0.298. The summed E-state index contributed by atoms with van der Waals surface area (Å²) in [4.78, 5) is 11.3. The minimum absolute atomic E-state index is 0.0585. The highest BCUT2D eigenvalue weighted by Crippen LogP contribution is 2.24. The summed E-state index contributed by atoms with van der Waals surface area (Å²) in [5, 5.41) is 1.35. The highest BCUT2D eigenvalue weighted by molar-refractivity contribution is 5.88. The lowest BCUT2D eigenvalue weighted by Gasteiger charge is -2.13. The number of hydrogen-bond donors (Lipinski definition) is 1. The van der Waals surface area contributed by atoms with Crippen molar-refractivity contribution >= 4 is 5.91 Å². The second kappa shape index (κ2) is 3.72. The molecule has 1 aliphatic carbocycles. The molecule has 3 nitrogen and oxygen atoms in total. The molecular weight excluding hydrogens is 152 g/mol. The normalized spacial score (nSPS) is 17.8. The lowest BCUT2D eigenvalue weighted by molar-refractivity contribution is -0.126. The monoisotopic (exact) mass is 168 g/mol. The zero-order valence-corrected chi connectivity index (χ0v) is 7.71. The van der Waals surface area contributed by atoms with Gasteiger partial charge in [-0.05, 0) is 26.2 Å². The van der Waals surface area contributed by atoms with Crippen molar-refractivity contribution < 1.29 is 4.79 Å². The van der Waals surface area contributed by atoms with Crippen LogP contribution in [-0.2, 0) is 4.79 Å². The van der Waals surface area contributed by atoms with E-state index in [9.17, 15) is 4.79 Å². The predicted molar refractivity (Wildman–Crippen MR) is 48.1 cm³/mol. The number of hydrazine groups is 1. The molecule has 68 valence electrons. The van der Waals surface area contributed by atoms with E-state index >= 15 is 0 Å². The Morgan fingerprint density at radius 2 is 2.25 bits per heavy atom. The van der Waals surface area contributed by atoms with Gasteiger partial charge in [-0.1, -0.05) is 12.5 Å². The summed E-state index contributed by atoms with van der Waals surface area (Å²) in [6.45, 7) is 3.97. The van der Waals surface area contributed by atoms with Crippen LogP contribution in [0.15, 0.2) is 11.6 Å². The van der Waals surface area contributed by atoms with Crippen LogP contribution in [-0.4, -0.2) is 17.0 Å². The maximum Gasteiger partial charge on any atom is 0.260 e. The van der Waals surface area contributed by atoms with E-state index in [-0.39, 0.29) is 5.91 Å². The zero-order valence-electron chi connectivity index (χ0n) is 7.71. The van der Waals surface area contributed by atoms with Crippen LogP contribution < -0.4 is 5.84 Å². The summed E-state index contributed by atoms with van der Waals surface area (Å²) in [5.41, 5.74) is 1.08. The van der Waals surface area contributed by atoms with Gasteiger partial charge in [0.2, 0.25) is 0 Å². The van der Waals surface area contributed by atoms with Crippen molar-refractivity contribution in [3.05, 3.63) is 11.6 Å². The molecule has 1 aliphatic rings. The largest absolute Gasteiger partial charge is 0.274 e. The standard InChI is InChI=1S/C9H16N2O/c1-3-7(2)6-9(12)11(10)8-4-5-8/h6,8H,3-5,10H2,1-2H3/b7-6+. The van der Waals surface area contributed by atoms with Crippen LogP contribution in [0.1, 0.15) is 33.1 Å². The van der Waals surface area contributed by atoms with Gasteiger partial charge in [0, 0.05) is 12.1 Å². The Morgan fingerprint density at radius 3 is 2.67 bits per heavy atom. The average Bonchev–Trinajstić information content (AvgIpc) is 2.85. The minimum atomic E-state index is -0.0585. The van der Waals surface area contributed by atoms with Crippen LogP contribution >= 0.6 is 0 Å². The molecule has 0 aliphatic heterocycles. The Balaban J connectivity index is 2.46. The van der Waals surface area contributed by atoms with Gasteiger partial charge < -0.3 is 0 Å². The molecule has 2 N–H and O–H groups in total. The van der Waals surface area contributed by atoms with Crippen LogP contribution in [0.3, 0.4) is 0 Å². The summed E-state index contributed by atoms with van der Waals surface area (Å²) >= 11 is 0. The first-order valence-corrected chi connectivity index (χ1v) is 4.40. The number of nitrogens with two attached hydrogens (primary N) is 1. The molecule has 1 rings (SSSR count). The first-order chi connectivity index (χ1) is 5.65. The summed E-state index contributed by atoms with van der Waals surface area (Å²) < 4.78 is 0. The van der Waals surface area contributed by atoms with E-state index in [1.54, 1.807) is 6.08 Å². The van der Waals surface area contributed by atoms with Crippen molar-refractivity contribution in [2.24, 2.45) is 5.84 Å². The van der Waals surface area contributed by atoms with Gasteiger partial charge in [-0.25, -0.2) is 5.84 Å². The van der Waals surface area contributed by atoms with Crippen molar-refractivity contribution in [3.8, 4) is 0 Å². The van der Waals surface area contributed by atoms with E-state index in [4.69, 9.17) is 5.84 Å². The molecule has 3 heteroatoms. The molecule has 1 saturated carbocycles. The first kappa shape index (κ1) is 9.26. The van der Waals surface area contributed by atoms with Gasteiger partial charge in [0.25, 0.3) is 5.91 Å². The molecule has 0 atom stereocenters. The third kappa shape index (κ3) is 2.34. The molecule has 1 amide bonds. The molecule has 0 spiro atoms. The van der Waals surface area contributed by atoms with Gasteiger partial charge >= 0.3 is 0 Å². The minimum Gasteiger partial charge on any atom is -0.274 e. The van der Waals surface area contributed by atoms with Crippen molar-refractivity contribution in [1.29, 1.82) is 0 Å². The number of amides is 1. The Hall–Kier alpha value is -0.830. The fraction of sp³-hybridized carbons (Fsp3) is 0.667. The van der Waals surface area contributed by atoms with Crippen molar-refractivity contribution in [2.75, 3.05) is 0 Å². The van der Waals surface area contributed by atoms with E-state index in [0.29, 0.717) is 6.04 Å². The van der Waals surface area contributed by atoms with Crippen LogP contribution in [0.25, 0.3) is 0 Å². The second-order valence-electron chi connectivity index (χ2n) is 3.32. The summed E-state index contributed by atoms with van der Waals surface area (Å²) in [7, 11) is 0. The molecular formula is C9H16N2O. The Morgan fingerprint density at radius 1 is 1.67 bits per heavy atom.